The molecule has 0 aromatic heterocycles. The highest BCUT2D eigenvalue weighted by Crippen LogP contribution is 2.26. The summed E-state index contributed by atoms with van der Waals surface area (Å²) in [6.45, 7) is 1.77. The van der Waals surface area contributed by atoms with Crippen LogP contribution in [0, 0.1) is 5.92 Å². The Bertz CT molecular complexity index is 314. The second-order valence-corrected chi connectivity index (χ2v) is 5.39. The van der Waals surface area contributed by atoms with Crippen molar-refractivity contribution in [2.24, 2.45) is 5.92 Å². The number of carboxylic acids is 1. The minimum absolute atomic E-state index is 0.00940. The largest absolute Gasteiger partial charge is 0.480 e. The lowest BCUT2D eigenvalue weighted by Crippen LogP contribution is -2.51. The van der Waals surface area contributed by atoms with Gasteiger partial charge in [0.25, 0.3) is 0 Å². The minimum atomic E-state index is -0.981. The first-order chi connectivity index (χ1) is 8.91. The van der Waals surface area contributed by atoms with Gasteiger partial charge in [-0.05, 0) is 25.7 Å². The molecule has 2 amide bonds. The summed E-state index contributed by atoms with van der Waals surface area (Å²) in [6.07, 6.45) is 4.24. The second-order valence-electron chi connectivity index (χ2n) is 5.39. The fourth-order valence-corrected chi connectivity index (χ4v) is 2.57. The number of hydrogen-bond donors (Lipinski definition) is 3. The highest BCUT2D eigenvalue weighted by molar-refractivity contribution is 5.82. The third-order valence-corrected chi connectivity index (χ3v) is 3.55. The number of nitrogens with one attached hydrogen (secondary N) is 1. The van der Waals surface area contributed by atoms with Crippen molar-refractivity contribution in [2.45, 2.75) is 51.2 Å². The van der Waals surface area contributed by atoms with Gasteiger partial charge in [-0.2, -0.15) is 0 Å². The van der Waals surface area contributed by atoms with Crippen LogP contribution < -0.4 is 5.32 Å². The number of amides is 2. The average molecular weight is 272 g/mol. The smallest absolute Gasteiger partial charge is 0.326 e. The van der Waals surface area contributed by atoms with E-state index in [1.807, 2.05) is 0 Å². The molecule has 1 aliphatic rings. The Balaban J connectivity index is 2.57. The van der Waals surface area contributed by atoms with Crippen LogP contribution in [0.4, 0.5) is 4.79 Å². The van der Waals surface area contributed by atoms with Gasteiger partial charge in [0, 0.05) is 13.6 Å². The maximum absolute atomic E-state index is 11.9. The molecule has 0 spiro atoms. The number of urea groups is 1. The van der Waals surface area contributed by atoms with Crippen LogP contribution in [0.2, 0.25) is 0 Å². The summed E-state index contributed by atoms with van der Waals surface area (Å²) in [7, 11) is 1.54. The van der Waals surface area contributed by atoms with Crippen LogP contribution in [-0.4, -0.2) is 52.9 Å². The van der Waals surface area contributed by atoms with Gasteiger partial charge in [-0.1, -0.05) is 19.3 Å². The van der Waals surface area contributed by atoms with Crippen LogP contribution in [0.1, 0.15) is 39.0 Å². The predicted octanol–water partition coefficient (Wildman–Crippen LogP) is 1.04. The second kappa shape index (κ2) is 7.33. The van der Waals surface area contributed by atoms with Gasteiger partial charge in [0.15, 0.2) is 0 Å². The molecule has 1 aliphatic carbocycles. The lowest BCUT2D eigenvalue weighted by molar-refractivity contribution is -0.141. The van der Waals surface area contributed by atoms with Crippen LogP contribution in [0.25, 0.3) is 0 Å². The van der Waals surface area contributed by atoms with Crippen molar-refractivity contribution in [1.29, 1.82) is 0 Å². The first-order valence-corrected chi connectivity index (χ1v) is 6.84. The molecular formula is C13H24N2O4. The fourth-order valence-electron chi connectivity index (χ4n) is 2.57. The number of hydrogen-bond acceptors (Lipinski definition) is 3. The van der Waals surface area contributed by atoms with Crippen LogP contribution in [0.15, 0.2) is 0 Å². The van der Waals surface area contributed by atoms with Gasteiger partial charge >= 0.3 is 12.0 Å². The van der Waals surface area contributed by atoms with Gasteiger partial charge < -0.3 is 20.4 Å². The van der Waals surface area contributed by atoms with Crippen molar-refractivity contribution in [2.75, 3.05) is 13.6 Å². The number of carbonyl (C=O) groups excluding carboxylic acids is 1. The molecule has 1 fully saturated rings. The van der Waals surface area contributed by atoms with Crippen LogP contribution in [-0.2, 0) is 4.79 Å². The zero-order valence-electron chi connectivity index (χ0n) is 11.6. The number of aliphatic hydroxyl groups excluding tert-OH is 1. The monoisotopic (exact) mass is 272 g/mol. The normalized spacial score (nSPS) is 19.5. The van der Waals surface area contributed by atoms with Crippen molar-refractivity contribution in [3.8, 4) is 0 Å². The van der Waals surface area contributed by atoms with Crippen molar-refractivity contribution in [3.05, 3.63) is 0 Å². The van der Waals surface area contributed by atoms with Crippen LogP contribution >= 0.6 is 0 Å². The topological polar surface area (TPSA) is 89.9 Å². The van der Waals surface area contributed by atoms with Gasteiger partial charge in [0.1, 0.15) is 6.04 Å². The van der Waals surface area contributed by atoms with Gasteiger partial charge in [0.2, 0.25) is 0 Å². The summed E-state index contributed by atoms with van der Waals surface area (Å²) in [5.74, 6) is -0.971. The number of nitrogens with zero attached hydrogens (tertiary/aromatic N) is 1. The maximum Gasteiger partial charge on any atom is 0.326 e. The Hall–Kier alpha value is -1.30. The molecule has 0 saturated heterocycles. The molecule has 2 unspecified atom stereocenters. The van der Waals surface area contributed by atoms with Gasteiger partial charge in [-0.15, -0.1) is 0 Å². The molecule has 0 aromatic carbocycles. The molecule has 0 radical (unpaired) electrons. The SMILES string of the molecule is CC(O)CN(C)C(=O)NC(C(=O)O)C1CCCCC1. The third kappa shape index (κ3) is 5.06. The third-order valence-electron chi connectivity index (χ3n) is 3.55. The van der Waals surface area contributed by atoms with E-state index in [1.165, 1.54) is 4.90 Å². The van der Waals surface area contributed by atoms with E-state index in [-0.39, 0.29) is 12.5 Å². The van der Waals surface area contributed by atoms with E-state index in [2.05, 4.69) is 5.32 Å². The van der Waals surface area contributed by atoms with E-state index in [1.54, 1.807) is 14.0 Å². The van der Waals surface area contributed by atoms with E-state index < -0.39 is 24.1 Å². The number of carboxylic acid groups (broad SMARTS) is 1. The van der Waals surface area contributed by atoms with Crippen LogP contribution in [0.3, 0.4) is 0 Å². The minimum Gasteiger partial charge on any atom is -0.480 e. The van der Waals surface area contributed by atoms with E-state index in [4.69, 9.17) is 0 Å². The molecule has 3 N–H and O–H groups in total. The van der Waals surface area contributed by atoms with Crippen molar-refractivity contribution >= 4 is 12.0 Å². The first-order valence-electron chi connectivity index (χ1n) is 6.84. The molecule has 0 aliphatic heterocycles. The average Bonchev–Trinajstić information content (AvgIpc) is 2.35. The molecule has 1 rings (SSSR count). The molecular weight excluding hydrogens is 248 g/mol. The summed E-state index contributed by atoms with van der Waals surface area (Å²) in [6, 6.07) is -1.27. The number of aliphatic carboxylic acids is 1. The summed E-state index contributed by atoms with van der Waals surface area (Å²) in [4.78, 5) is 24.5. The van der Waals surface area contributed by atoms with Crippen molar-refractivity contribution in [3.63, 3.8) is 0 Å². The standard InChI is InChI=1S/C13H24N2O4/c1-9(16)8-15(2)13(19)14-11(12(17)18)10-6-4-3-5-7-10/h9-11,16H,3-8H2,1-2H3,(H,14,19)(H,17,18). The fraction of sp³-hybridized carbons (Fsp3) is 0.846. The summed E-state index contributed by atoms with van der Waals surface area (Å²) in [5, 5.41) is 21.0. The Morgan fingerprint density at radius 1 is 1.32 bits per heavy atom. The molecule has 6 heteroatoms. The number of likely N-dealkylation sites (N-methyl/N-ethyl adjacent to an activating group) is 1. The molecule has 1 saturated carbocycles. The molecule has 19 heavy (non-hydrogen) atoms. The Kier molecular flexibility index (Phi) is 6.08. The Morgan fingerprint density at radius 2 is 1.89 bits per heavy atom. The number of carbonyl (C=O) groups is 2. The van der Waals surface area contributed by atoms with Crippen LogP contribution in [0.5, 0.6) is 0 Å². The number of aliphatic hydroxyl groups is 1. The molecule has 110 valence electrons. The first kappa shape index (κ1) is 15.8. The highest BCUT2D eigenvalue weighted by atomic mass is 16.4. The summed E-state index contributed by atoms with van der Waals surface area (Å²) >= 11 is 0. The Morgan fingerprint density at radius 3 is 2.37 bits per heavy atom. The maximum atomic E-state index is 11.9. The van der Waals surface area contributed by atoms with Gasteiger partial charge in [-0.3, -0.25) is 0 Å². The lowest BCUT2D eigenvalue weighted by atomic mass is 9.84. The predicted molar refractivity (Wildman–Crippen MR) is 70.8 cm³/mol. The molecule has 2 atom stereocenters. The van der Waals surface area contributed by atoms with E-state index in [0.717, 1.165) is 32.1 Å². The van der Waals surface area contributed by atoms with Crippen molar-refractivity contribution < 1.29 is 19.8 Å². The number of rotatable bonds is 5. The van der Waals surface area contributed by atoms with Gasteiger partial charge in [0.05, 0.1) is 6.10 Å². The zero-order valence-corrected chi connectivity index (χ0v) is 11.6. The van der Waals surface area contributed by atoms with Gasteiger partial charge in [-0.25, -0.2) is 9.59 Å². The molecule has 0 bridgehead atoms. The molecule has 0 aromatic rings. The quantitative estimate of drug-likeness (QED) is 0.697. The highest BCUT2D eigenvalue weighted by Gasteiger charge is 2.31. The molecule has 0 heterocycles. The molecule has 6 nitrogen and oxygen atoms in total. The van der Waals surface area contributed by atoms with E-state index in [0.29, 0.717) is 0 Å². The van der Waals surface area contributed by atoms with E-state index in [9.17, 15) is 19.8 Å². The summed E-state index contributed by atoms with van der Waals surface area (Å²) < 4.78 is 0. The van der Waals surface area contributed by atoms with E-state index >= 15 is 0 Å². The zero-order chi connectivity index (χ0) is 14.4. The summed E-state index contributed by atoms with van der Waals surface area (Å²) in [5.41, 5.74) is 0. The Labute approximate surface area is 113 Å². The van der Waals surface area contributed by atoms with Crippen molar-refractivity contribution in [1.82, 2.24) is 10.2 Å². The lowest BCUT2D eigenvalue weighted by Gasteiger charge is -2.29.